The summed E-state index contributed by atoms with van der Waals surface area (Å²) in [6, 6.07) is 3.54. The van der Waals surface area contributed by atoms with Gasteiger partial charge in [-0.15, -0.1) is 0 Å². The first kappa shape index (κ1) is 14.0. The van der Waals surface area contributed by atoms with Gasteiger partial charge in [0.1, 0.15) is 5.82 Å². The summed E-state index contributed by atoms with van der Waals surface area (Å²) in [5, 5.41) is 0. The maximum Gasteiger partial charge on any atom is 0.126 e. The fourth-order valence-corrected chi connectivity index (χ4v) is 2.95. The van der Waals surface area contributed by atoms with Gasteiger partial charge in [-0.05, 0) is 61.5 Å². The average molecular weight is 314 g/mol. The third kappa shape index (κ3) is 3.33. The minimum absolute atomic E-state index is 0.106. The molecule has 0 radical (unpaired) electrons. The van der Waals surface area contributed by atoms with Crippen molar-refractivity contribution in [1.82, 2.24) is 4.90 Å². The van der Waals surface area contributed by atoms with E-state index in [-0.39, 0.29) is 5.82 Å². The van der Waals surface area contributed by atoms with Gasteiger partial charge in [-0.3, -0.25) is 4.90 Å². The monoisotopic (exact) mass is 313 g/mol. The second-order valence-electron chi connectivity index (χ2n) is 6.13. The zero-order valence-corrected chi connectivity index (χ0v) is 13.0. The third-order valence-electron chi connectivity index (χ3n) is 3.93. The summed E-state index contributed by atoms with van der Waals surface area (Å²) >= 11 is 3.54. The summed E-state index contributed by atoms with van der Waals surface area (Å²) in [7, 11) is 0. The SMILES string of the molecule is Cc1cc(Br)c(CN2CCC(C)(C)CC2)cc1F. The van der Waals surface area contributed by atoms with Crippen molar-refractivity contribution in [1.29, 1.82) is 0 Å². The molecule has 1 saturated heterocycles. The van der Waals surface area contributed by atoms with E-state index in [4.69, 9.17) is 0 Å². The second-order valence-corrected chi connectivity index (χ2v) is 6.99. The van der Waals surface area contributed by atoms with Crippen LogP contribution in [-0.2, 0) is 6.54 Å². The fraction of sp³-hybridized carbons (Fsp3) is 0.600. The smallest absolute Gasteiger partial charge is 0.126 e. The highest BCUT2D eigenvalue weighted by atomic mass is 79.9. The van der Waals surface area contributed by atoms with E-state index in [0.29, 0.717) is 11.0 Å². The molecule has 0 unspecified atom stereocenters. The maximum absolute atomic E-state index is 13.6. The molecule has 3 heteroatoms. The summed E-state index contributed by atoms with van der Waals surface area (Å²) in [6.07, 6.45) is 2.44. The number of aryl methyl sites for hydroxylation is 1. The minimum atomic E-state index is -0.106. The largest absolute Gasteiger partial charge is 0.299 e. The number of piperidine rings is 1. The molecule has 1 aliphatic rings. The van der Waals surface area contributed by atoms with Crippen molar-refractivity contribution in [2.24, 2.45) is 5.41 Å². The Bertz CT molecular complexity index is 432. The lowest BCUT2D eigenvalue weighted by atomic mass is 9.82. The van der Waals surface area contributed by atoms with Gasteiger partial charge < -0.3 is 0 Å². The molecular weight excluding hydrogens is 293 g/mol. The van der Waals surface area contributed by atoms with Crippen LogP contribution in [0, 0.1) is 18.2 Å². The van der Waals surface area contributed by atoms with E-state index >= 15 is 0 Å². The number of benzene rings is 1. The molecule has 0 saturated carbocycles. The lowest BCUT2D eigenvalue weighted by Gasteiger charge is -2.37. The van der Waals surface area contributed by atoms with Gasteiger partial charge in [0.25, 0.3) is 0 Å². The second kappa shape index (κ2) is 5.30. The number of hydrogen-bond acceptors (Lipinski definition) is 1. The molecule has 0 bridgehead atoms. The number of nitrogens with zero attached hydrogens (tertiary/aromatic N) is 1. The molecule has 0 amide bonds. The van der Waals surface area contributed by atoms with Crippen molar-refractivity contribution in [3.63, 3.8) is 0 Å². The molecule has 1 fully saturated rings. The van der Waals surface area contributed by atoms with Crippen LogP contribution in [0.1, 0.15) is 37.8 Å². The zero-order chi connectivity index (χ0) is 13.3. The molecule has 18 heavy (non-hydrogen) atoms. The van der Waals surface area contributed by atoms with Crippen molar-refractivity contribution in [2.45, 2.75) is 40.2 Å². The van der Waals surface area contributed by atoms with Crippen molar-refractivity contribution in [3.8, 4) is 0 Å². The Morgan fingerprint density at radius 1 is 1.28 bits per heavy atom. The predicted octanol–water partition coefficient (Wildman–Crippen LogP) is 4.52. The van der Waals surface area contributed by atoms with Gasteiger partial charge in [-0.2, -0.15) is 0 Å². The number of likely N-dealkylation sites (tertiary alicyclic amines) is 1. The minimum Gasteiger partial charge on any atom is -0.299 e. The van der Waals surface area contributed by atoms with Gasteiger partial charge in [-0.25, -0.2) is 4.39 Å². The fourth-order valence-electron chi connectivity index (χ4n) is 2.37. The molecule has 1 heterocycles. The van der Waals surface area contributed by atoms with Gasteiger partial charge in [0.05, 0.1) is 0 Å². The highest BCUT2D eigenvalue weighted by Gasteiger charge is 2.25. The first-order chi connectivity index (χ1) is 8.37. The molecule has 0 spiro atoms. The average Bonchev–Trinajstić information content (AvgIpc) is 2.28. The van der Waals surface area contributed by atoms with Crippen molar-refractivity contribution >= 4 is 15.9 Å². The molecular formula is C15H21BrFN. The molecule has 1 aromatic carbocycles. The number of hydrogen-bond donors (Lipinski definition) is 0. The number of rotatable bonds is 2. The first-order valence-corrected chi connectivity index (χ1v) is 7.34. The van der Waals surface area contributed by atoms with Gasteiger partial charge >= 0.3 is 0 Å². The van der Waals surface area contributed by atoms with E-state index in [1.165, 1.54) is 12.8 Å². The van der Waals surface area contributed by atoms with Crippen LogP contribution >= 0.6 is 15.9 Å². The number of halogens is 2. The van der Waals surface area contributed by atoms with Gasteiger partial charge in [0.15, 0.2) is 0 Å². The lowest BCUT2D eigenvalue weighted by molar-refractivity contribution is 0.127. The van der Waals surface area contributed by atoms with Crippen LogP contribution in [0.3, 0.4) is 0 Å². The van der Waals surface area contributed by atoms with Crippen LogP contribution in [0.5, 0.6) is 0 Å². The van der Waals surface area contributed by atoms with Crippen LogP contribution in [0.4, 0.5) is 4.39 Å². The highest BCUT2D eigenvalue weighted by Crippen LogP contribution is 2.31. The summed E-state index contributed by atoms with van der Waals surface area (Å²) in [4.78, 5) is 2.42. The Morgan fingerprint density at radius 3 is 2.50 bits per heavy atom. The molecule has 0 atom stereocenters. The lowest BCUT2D eigenvalue weighted by Crippen LogP contribution is -2.36. The van der Waals surface area contributed by atoms with Crippen LogP contribution < -0.4 is 0 Å². The molecule has 2 rings (SSSR count). The summed E-state index contributed by atoms with van der Waals surface area (Å²) in [6.45, 7) is 9.50. The molecule has 1 nitrogen and oxygen atoms in total. The Balaban J connectivity index is 2.04. The quantitative estimate of drug-likeness (QED) is 0.776. The van der Waals surface area contributed by atoms with Crippen LogP contribution in [0.2, 0.25) is 0 Å². The predicted molar refractivity (Wildman–Crippen MR) is 77.1 cm³/mol. The van der Waals surface area contributed by atoms with E-state index in [9.17, 15) is 4.39 Å². The molecule has 1 aliphatic heterocycles. The van der Waals surface area contributed by atoms with Crippen molar-refractivity contribution < 1.29 is 4.39 Å². The molecule has 0 N–H and O–H groups in total. The summed E-state index contributed by atoms with van der Waals surface area (Å²) < 4.78 is 14.6. The van der Waals surface area contributed by atoms with E-state index < -0.39 is 0 Å². The van der Waals surface area contributed by atoms with Crippen molar-refractivity contribution in [3.05, 3.63) is 33.5 Å². The van der Waals surface area contributed by atoms with Crippen LogP contribution in [-0.4, -0.2) is 18.0 Å². The zero-order valence-electron chi connectivity index (χ0n) is 11.4. The Labute approximate surface area is 118 Å². The van der Waals surface area contributed by atoms with Gasteiger partial charge in [0, 0.05) is 11.0 Å². The maximum atomic E-state index is 13.6. The Kier molecular flexibility index (Phi) is 4.12. The summed E-state index contributed by atoms with van der Waals surface area (Å²) in [5.74, 6) is -0.106. The van der Waals surface area contributed by atoms with Gasteiger partial charge in [-0.1, -0.05) is 29.8 Å². The Morgan fingerprint density at radius 2 is 1.89 bits per heavy atom. The van der Waals surface area contributed by atoms with E-state index in [0.717, 1.165) is 29.7 Å². The van der Waals surface area contributed by atoms with Crippen molar-refractivity contribution in [2.75, 3.05) is 13.1 Å². The van der Waals surface area contributed by atoms with E-state index in [1.807, 2.05) is 6.07 Å². The highest BCUT2D eigenvalue weighted by molar-refractivity contribution is 9.10. The molecule has 0 aliphatic carbocycles. The third-order valence-corrected chi connectivity index (χ3v) is 4.67. The molecule has 0 aromatic heterocycles. The molecule has 100 valence electrons. The summed E-state index contributed by atoms with van der Waals surface area (Å²) in [5.41, 5.74) is 2.22. The standard InChI is InChI=1S/C15H21BrFN/c1-11-8-13(16)12(9-14(11)17)10-18-6-4-15(2,3)5-7-18/h8-9H,4-7,10H2,1-3H3. The Hall–Kier alpha value is -0.410. The van der Waals surface area contributed by atoms with Crippen LogP contribution in [0.15, 0.2) is 16.6 Å². The molecule has 1 aromatic rings. The first-order valence-electron chi connectivity index (χ1n) is 6.54. The van der Waals surface area contributed by atoms with E-state index in [2.05, 4.69) is 34.7 Å². The van der Waals surface area contributed by atoms with E-state index in [1.54, 1.807) is 13.0 Å². The van der Waals surface area contributed by atoms with Gasteiger partial charge in [0.2, 0.25) is 0 Å². The topological polar surface area (TPSA) is 3.24 Å². The normalized spacial score (nSPS) is 20.1. The van der Waals surface area contributed by atoms with Crippen LogP contribution in [0.25, 0.3) is 0 Å².